The Hall–Kier alpha value is -7.13. The molecule has 3 amide bonds. The number of pyridine rings is 1. The largest absolute Gasteiger partial charge is 0.491 e. The molecule has 5 aromatic heterocycles. The van der Waals surface area contributed by atoms with Crippen LogP contribution in [-0.2, 0) is 30.9 Å². The van der Waals surface area contributed by atoms with Gasteiger partial charge in [-0.1, -0.05) is 12.2 Å². The Bertz CT molecular complexity index is 2610. The number of anilines is 3. The summed E-state index contributed by atoms with van der Waals surface area (Å²) in [4.78, 5) is 64.0. The number of nitrogens with two attached hydrogens (primary N) is 3. The lowest BCUT2D eigenvalue weighted by atomic mass is 10.1. The first-order valence-electron chi connectivity index (χ1n) is 20.3. The van der Waals surface area contributed by atoms with Gasteiger partial charge >= 0.3 is 0 Å². The molecular formula is C41H53N15O6. The maximum atomic E-state index is 13.4. The number of aldehydes is 1. The predicted molar refractivity (Wildman–Crippen MR) is 233 cm³/mol. The Morgan fingerprint density at radius 2 is 1.56 bits per heavy atom. The first kappa shape index (κ1) is 44.4. The van der Waals surface area contributed by atoms with E-state index >= 15 is 0 Å². The summed E-state index contributed by atoms with van der Waals surface area (Å²) in [6.45, 7) is 13.8. The highest BCUT2D eigenvalue weighted by Crippen LogP contribution is 2.31. The van der Waals surface area contributed by atoms with Crippen LogP contribution in [0.25, 0.3) is 22.2 Å². The number of rotatable bonds is 17. The summed E-state index contributed by atoms with van der Waals surface area (Å²) in [7, 11) is 1.77. The smallest absolute Gasteiger partial charge is 0.276 e. The van der Waals surface area contributed by atoms with Crippen molar-refractivity contribution in [1.82, 2.24) is 48.5 Å². The lowest BCUT2D eigenvalue weighted by Gasteiger charge is -2.26. The molecule has 21 nitrogen and oxygen atoms in total. The number of ether oxygens (including phenoxy) is 2. The van der Waals surface area contributed by atoms with Gasteiger partial charge in [-0.25, -0.2) is 15.0 Å². The number of aryl methyl sites for hydroxylation is 4. The Morgan fingerprint density at radius 1 is 0.887 bits per heavy atom. The van der Waals surface area contributed by atoms with Crippen molar-refractivity contribution in [2.24, 2.45) is 11.5 Å². The number of benzene rings is 1. The fourth-order valence-electron chi connectivity index (χ4n) is 7.03. The first-order valence-corrected chi connectivity index (χ1v) is 20.3. The molecule has 0 radical (unpaired) electrons. The van der Waals surface area contributed by atoms with Crippen molar-refractivity contribution in [3.05, 3.63) is 76.5 Å². The molecule has 1 aromatic carbocycles. The van der Waals surface area contributed by atoms with E-state index in [1.54, 1.807) is 52.2 Å². The summed E-state index contributed by atoms with van der Waals surface area (Å²) in [5.41, 5.74) is 22.1. The summed E-state index contributed by atoms with van der Waals surface area (Å²) in [6.07, 6.45) is 6.76. The molecule has 0 unspecified atom stereocenters. The zero-order chi connectivity index (χ0) is 44.5. The van der Waals surface area contributed by atoms with Gasteiger partial charge in [0.15, 0.2) is 11.9 Å². The molecule has 6 aromatic rings. The van der Waals surface area contributed by atoms with E-state index in [1.165, 1.54) is 6.20 Å². The van der Waals surface area contributed by atoms with Crippen LogP contribution in [0.3, 0.4) is 0 Å². The van der Waals surface area contributed by atoms with Crippen LogP contribution in [0.4, 0.5) is 17.6 Å². The van der Waals surface area contributed by atoms with Gasteiger partial charge in [0.1, 0.15) is 28.2 Å². The molecule has 62 heavy (non-hydrogen) atoms. The number of nitrogens with one attached hydrogen (secondary N) is 2. The quantitative estimate of drug-likeness (QED) is 0.0502. The lowest BCUT2D eigenvalue weighted by Crippen LogP contribution is -2.37. The highest BCUT2D eigenvalue weighted by molar-refractivity contribution is 6.03. The van der Waals surface area contributed by atoms with E-state index in [2.05, 4.69) is 35.7 Å². The number of nitrogen functional groups attached to an aromatic ring is 1. The number of fused-ring (bicyclic) bond motifs is 2. The number of hydrogen-bond acceptors (Lipinski definition) is 14. The van der Waals surface area contributed by atoms with Crippen LogP contribution < -0.4 is 32.6 Å². The Balaban J connectivity index is 0.000000508. The number of nitrogens with zero attached hydrogens (tertiary/aromatic N) is 10. The minimum absolute atomic E-state index is 0.199. The van der Waals surface area contributed by atoms with Crippen LogP contribution in [-0.4, -0.2) is 119 Å². The van der Waals surface area contributed by atoms with Gasteiger partial charge in [0.05, 0.1) is 48.0 Å². The number of amides is 3. The molecule has 0 bridgehead atoms. The fraction of sp³-hybridized carbons (Fsp3) is 0.390. The van der Waals surface area contributed by atoms with Crippen molar-refractivity contribution in [2.45, 2.75) is 60.3 Å². The molecule has 0 saturated carbocycles. The third-order valence-electron chi connectivity index (χ3n) is 10.2. The second-order valence-corrected chi connectivity index (χ2v) is 14.4. The molecule has 7 rings (SSSR count). The molecule has 21 heteroatoms. The van der Waals surface area contributed by atoms with E-state index in [0.29, 0.717) is 94.2 Å². The van der Waals surface area contributed by atoms with E-state index in [-0.39, 0.29) is 24.0 Å². The molecule has 0 spiro atoms. The number of hydrogen-bond donors (Lipinski definition) is 5. The van der Waals surface area contributed by atoms with Gasteiger partial charge in [-0.15, -0.1) is 0 Å². The molecule has 1 aliphatic rings. The normalized spacial score (nSPS) is 13.0. The van der Waals surface area contributed by atoms with E-state index < -0.39 is 11.8 Å². The SMILES string of the molecule is CCn1nc(C)c(N)c1C=O.CCn1nc(C)cc1C(=O)Nc1nc2cc(C(N)=O)cnc2n1C/C=C/Cn1c(NC)nc2cc(C(N)=O)cc(OCCCN3CCOCC3)c21. The maximum absolute atomic E-state index is 13.4. The summed E-state index contributed by atoms with van der Waals surface area (Å²) in [5.74, 6) is -0.276. The van der Waals surface area contributed by atoms with E-state index in [4.69, 9.17) is 31.7 Å². The van der Waals surface area contributed by atoms with Crippen LogP contribution in [0.15, 0.2) is 42.6 Å². The summed E-state index contributed by atoms with van der Waals surface area (Å²) in [5, 5.41) is 14.5. The van der Waals surface area contributed by atoms with Crippen LogP contribution in [0.1, 0.15) is 73.3 Å². The van der Waals surface area contributed by atoms with Gasteiger partial charge in [0.25, 0.3) is 5.91 Å². The number of carbonyl (C=O) groups excluding carboxylic acids is 4. The summed E-state index contributed by atoms with van der Waals surface area (Å²) < 4.78 is 18.6. The Morgan fingerprint density at radius 3 is 2.21 bits per heavy atom. The molecule has 0 aliphatic carbocycles. The van der Waals surface area contributed by atoms with E-state index in [0.717, 1.165) is 45.6 Å². The van der Waals surface area contributed by atoms with Gasteiger partial charge in [-0.2, -0.15) is 10.2 Å². The van der Waals surface area contributed by atoms with Crippen LogP contribution in [0, 0.1) is 13.8 Å². The van der Waals surface area contributed by atoms with Crippen molar-refractivity contribution in [2.75, 3.05) is 62.9 Å². The standard InChI is InChI=1S/C34H42N12O5.C7H11N3O/c1-4-46-26(16-21(2)42-46)32(49)41-34-40-25-18-23(30(36)48)20-38-31(25)45(34)10-6-5-9-44-28-24(39-33(44)37-3)17-22(29(35)47)19-27(28)51-13-7-8-43-11-14-50-15-12-43;1-3-10-6(4-11)7(8)5(2)9-10/h5-6,16-20H,4,7-15H2,1-3H3,(H2,35,47)(H2,36,48)(H,37,39)(H,40,41,49);4H,3,8H2,1-2H3/b6-5+;. The van der Waals surface area contributed by atoms with Crippen LogP contribution >= 0.6 is 0 Å². The Kier molecular flexibility index (Phi) is 14.3. The third-order valence-corrected chi connectivity index (χ3v) is 10.2. The first-order chi connectivity index (χ1) is 29.9. The minimum Gasteiger partial charge on any atom is -0.491 e. The lowest BCUT2D eigenvalue weighted by molar-refractivity contribution is 0.0358. The number of primary amides is 2. The van der Waals surface area contributed by atoms with Gasteiger partial charge < -0.3 is 36.6 Å². The fourth-order valence-corrected chi connectivity index (χ4v) is 7.03. The van der Waals surface area contributed by atoms with Crippen molar-refractivity contribution >= 4 is 63.8 Å². The van der Waals surface area contributed by atoms with Crippen LogP contribution in [0.5, 0.6) is 5.75 Å². The molecule has 6 heterocycles. The Labute approximate surface area is 357 Å². The van der Waals surface area contributed by atoms with E-state index in [1.807, 2.05) is 37.5 Å². The van der Waals surface area contributed by atoms with Crippen molar-refractivity contribution in [3.63, 3.8) is 0 Å². The molecule has 1 fully saturated rings. The third kappa shape index (κ3) is 9.90. The average Bonchev–Trinajstić information content (AvgIpc) is 4.01. The maximum Gasteiger partial charge on any atom is 0.276 e. The molecule has 0 atom stereocenters. The molecule has 8 N–H and O–H groups in total. The van der Waals surface area contributed by atoms with Crippen molar-refractivity contribution in [3.8, 4) is 5.75 Å². The monoisotopic (exact) mass is 851 g/mol. The number of imidazole rings is 2. The molecule has 328 valence electrons. The predicted octanol–water partition coefficient (Wildman–Crippen LogP) is 2.76. The van der Waals surface area contributed by atoms with Gasteiger partial charge in [-0.3, -0.25) is 43.3 Å². The number of morpholine rings is 1. The average molecular weight is 852 g/mol. The van der Waals surface area contributed by atoms with Gasteiger partial charge in [-0.05, 0) is 58.4 Å². The molecule has 1 aliphatic heterocycles. The highest BCUT2D eigenvalue weighted by Gasteiger charge is 2.21. The molecule has 1 saturated heterocycles. The second-order valence-electron chi connectivity index (χ2n) is 14.4. The zero-order valence-electron chi connectivity index (χ0n) is 35.6. The number of carbonyl (C=O) groups is 4. The summed E-state index contributed by atoms with van der Waals surface area (Å²) >= 11 is 0. The van der Waals surface area contributed by atoms with Gasteiger partial charge in [0, 0.05) is 64.6 Å². The zero-order valence-corrected chi connectivity index (χ0v) is 35.6. The van der Waals surface area contributed by atoms with Gasteiger partial charge in [0.2, 0.25) is 23.7 Å². The number of allylic oxidation sites excluding steroid dienone is 2. The summed E-state index contributed by atoms with van der Waals surface area (Å²) in [6, 6.07) is 6.56. The molecular weight excluding hydrogens is 799 g/mol. The highest BCUT2D eigenvalue weighted by atomic mass is 16.5. The van der Waals surface area contributed by atoms with E-state index in [9.17, 15) is 19.2 Å². The number of aromatic nitrogens is 9. The topological polar surface area (TPSA) is 276 Å². The second kappa shape index (κ2) is 20.0. The van der Waals surface area contributed by atoms with Crippen LogP contribution in [0.2, 0.25) is 0 Å². The minimum atomic E-state index is -0.636. The van der Waals surface area contributed by atoms with Crippen molar-refractivity contribution < 1.29 is 28.7 Å². The van der Waals surface area contributed by atoms with Crippen molar-refractivity contribution in [1.29, 1.82) is 0 Å².